The zero-order valence-corrected chi connectivity index (χ0v) is 10.4. The second kappa shape index (κ2) is 5.77. The Balaban J connectivity index is 2.25. The fourth-order valence-corrected chi connectivity index (χ4v) is 1.62. The predicted molar refractivity (Wildman–Crippen MR) is 72.0 cm³/mol. The van der Waals surface area contributed by atoms with Gasteiger partial charge in [-0.15, -0.1) is 0 Å². The molecule has 0 aliphatic carbocycles. The molecule has 0 spiro atoms. The highest BCUT2D eigenvalue weighted by atomic mass is 16.2. The van der Waals surface area contributed by atoms with Crippen molar-refractivity contribution in [3.05, 3.63) is 59.9 Å². The molecule has 0 radical (unpaired) electrons. The Morgan fingerprint density at radius 1 is 1.05 bits per heavy atom. The quantitative estimate of drug-likeness (QED) is 0.876. The Bertz CT molecular complexity index is 597. The molecule has 2 rings (SSSR count). The lowest BCUT2D eigenvalue weighted by Gasteiger charge is -2.09. The van der Waals surface area contributed by atoms with Crippen molar-refractivity contribution in [3.63, 3.8) is 0 Å². The molecule has 2 N–H and O–H groups in total. The van der Waals surface area contributed by atoms with E-state index in [1.54, 1.807) is 49.6 Å². The molecular weight excluding hydrogens is 242 g/mol. The van der Waals surface area contributed by atoms with Crippen molar-refractivity contribution in [2.75, 3.05) is 12.4 Å². The van der Waals surface area contributed by atoms with Crippen LogP contribution < -0.4 is 10.6 Å². The number of anilines is 1. The van der Waals surface area contributed by atoms with Crippen LogP contribution in [0.2, 0.25) is 0 Å². The topological polar surface area (TPSA) is 71.1 Å². The van der Waals surface area contributed by atoms with Crippen molar-refractivity contribution in [2.24, 2.45) is 0 Å². The Kier molecular flexibility index (Phi) is 3.87. The molecule has 5 heteroatoms. The van der Waals surface area contributed by atoms with Crippen LogP contribution in [0.25, 0.3) is 0 Å². The number of aromatic nitrogens is 1. The van der Waals surface area contributed by atoms with Crippen LogP contribution in [0.3, 0.4) is 0 Å². The minimum atomic E-state index is -0.301. The van der Waals surface area contributed by atoms with E-state index in [0.717, 1.165) is 0 Å². The average Bonchev–Trinajstić information content (AvgIpc) is 2.48. The third-order valence-corrected chi connectivity index (χ3v) is 2.57. The molecule has 0 unspecified atom stereocenters. The normalized spacial score (nSPS) is 9.74. The van der Waals surface area contributed by atoms with E-state index in [1.165, 1.54) is 6.20 Å². The summed E-state index contributed by atoms with van der Waals surface area (Å²) in [5.41, 5.74) is 1.33. The predicted octanol–water partition coefficient (Wildman–Crippen LogP) is 1.69. The van der Waals surface area contributed by atoms with Crippen LogP contribution in [0.4, 0.5) is 5.69 Å². The number of hydrogen-bond acceptors (Lipinski definition) is 3. The third kappa shape index (κ3) is 2.95. The van der Waals surface area contributed by atoms with Gasteiger partial charge in [0.15, 0.2) is 0 Å². The maximum absolute atomic E-state index is 12.0. The lowest BCUT2D eigenvalue weighted by atomic mass is 10.1. The number of benzene rings is 1. The SMILES string of the molecule is CNC(=O)c1ccccc1NC(=O)c1cccnc1. The van der Waals surface area contributed by atoms with Crippen LogP contribution in [0, 0.1) is 0 Å². The number of hydrogen-bond donors (Lipinski definition) is 2. The summed E-state index contributed by atoms with van der Waals surface area (Å²) in [6, 6.07) is 10.2. The molecular formula is C14H13N3O2. The molecule has 0 saturated carbocycles. The number of nitrogens with one attached hydrogen (secondary N) is 2. The zero-order chi connectivity index (χ0) is 13.7. The van der Waals surface area contributed by atoms with Crippen molar-refractivity contribution in [1.29, 1.82) is 0 Å². The van der Waals surface area contributed by atoms with E-state index in [0.29, 0.717) is 16.8 Å². The highest BCUT2D eigenvalue weighted by molar-refractivity contribution is 6.08. The van der Waals surface area contributed by atoms with Gasteiger partial charge in [0.25, 0.3) is 11.8 Å². The van der Waals surface area contributed by atoms with Gasteiger partial charge in [-0.25, -0.2) is 0 Å². The van der Waals surface area contributed by atoms with Gasteiger partial charge in [0, 0.05) is 19.4 Å². The maximum atomic E-state index is 12.0. The van der Waals surface area contributed by atoms with E-state index in [9.17, 15) is 9.59 Å². The standard InChI is InChI=1S/C14H13N3O2/c1-15-14(19)11-6-2-3-7-12(11)17-13(18)10-5-4-8-16-9-10/h2-9H,1H3,(H,15,19)(H,17,18). The third-order valence-electron chi connectivity index (χ3n) is 2.57. The van der Waals surface area contributed by atoms with Crippen molar-refractivity contribution in [3.8, 4) is 0 Å². The van der Waals surface area contributed by atoms with Gasteiger partial charge in [0.05, 0.1) is 16.8 Å². The summed E-state index contributed by atoms with van der Waals surface area (Å²) in [4.78, 5) is 27.6. The van der Waals surface area contributed by atoms with Gasteiger partial charge in [0.1, 0.15) is 0 Å². The first-order valence-electron chi connectivity index (χ1n) is 5.75. The van der Waals surface area contributed by atoms with E-state index in [-0.39, 0.29) is 11.8 Å². The summed E-state index contributed by atoms with van der Waals surface area (Å²) in [5.74, 6) is -0.550. The molecule has 0 fully saturated rings. The molecule has 96 valence electrons. The van der Waals surface area contributed by atoms with Crippen molar-refractivity contribution < 1.29 is 9.59 Å². The summed E-state index contributed by atoms with van der Waals surface area (Å²) >= 11 is 0. The first-order valence-corrected chi connectivity index (χ1v) is 5.75. The molecule has 1 aromatic heterocycles. The summed E-state index contributed by atoms with van der Waals surface area (Å²) in [5, 5.41) is 5.23. The molecule has 1 aromatic carbocycles. The monoisotopic (exact) mass is 255 g/mol. The molecule has 19 heavy (non-hydrogen) atoms. The molecule has 0 bridgehead atoms. The van der Waals surface area contributed by atoms with Crippen molar-refractivity contribution in [1.82, 2.24) is 10.3 Å². The van der Waals surface area contributed by atoms with Gasteiger partial charge in [0.2, 0.25) is 0 Å². The second-order valence-corrected chi connectivity index (χ2v) is 3.82. The molecule has 0 atom stereocenters. The minimum absolute atomic E-state index is 0.248. The first-order chi connectivity index (χ1) is 9.22. The van der Waals surface area contributed by atoms with Gasteiger partial charge < -0.3 is 10.6 Å². The minimum Gasteiger partial charge on any atom is -0.355 e. The largest absolute Gasteiger partial charge is 0.355 e. The number of nitrogens with zero attached hydrogens (tertiary/aromatic N) is 1. The molecule has 5 nitrogen and oxygen atoms in total. The van der Waals surface area contributed by atoms with Crippen molar-refractivity contribution >= 4 is 17.5 Å². The van der Waals surface area contributed by atoms with Crippen LogP contribution in [0.1, 0.15) is 20.7 Å². The van der Waals surface area contributed by atoms with Crippen LogP contribution in [0.5, 0.6) is 0 Å². The van der Waals surface area contributed by atoms with Crippen molar-refractivity contribution in [2.45, 2.75) is 0 Å². The lowest BCUT2D eigenvalue weighted by Crippen LogP contribution is -2.21. The molecule has 0 aliphatic rings. The summed E-state index contributed by atoms with van der Waals surface area (Å²) in [6.07, 6.45) is 3.06. The van der Waals surface area contributed by atoms with E-state index >= 15 is 0 Å². The number of pyridine rings is 1. The van der Waals surface area contributed by atoms with Gasteiger partial charge >= 0.3 is 0 Å². The Hall–Kier alpha value is -2.69. The number of rotatable bonds is 3. The number of amides is 2. The fraction of sp³-hybridized carbons (Fsp3) is 0.0714. The summed E-state index contributed by atoms with van der Waals surface area (Å²) < 4.78 is 0. The molecule has 1 heterocycles. The van der Waals surface area contributed by atoms with Gasteiger partial charge in [-0.05, 0) is 24.3 Å². The lowest BCUT2D eigenvalue weighted by molar-refractivity contribution is 0.0964. The zero-order valence-electron chi connectivity index (χ0n) is 10.4. The summed E-state index contributed by atoms with van der Waals surface area (Å²) in [7, 11) is 1.54. The Labute approximate surface area is 110 Å². The van der Waals surface area contributed by atoms with Gasteiger partial charge in [-0.3, -0.25) is 14.6 Å². The number of carbonyl (C=O) groups excluding carboxylic acids is 2. The number of para-hydroxylation sites is 1. The molecule has 0 saturated heterocycles. The van der Waals surface area contributed by atoms with E-state index in [2.05, 4.69) is 15.6 Å². The maximum Gasteiger partial charge on any atom is 0.257 e. The van der Waals surface area contributed by atoms with E-state index in [4.69, 9.17) is 0 Å². The Morgan fingerprint density at radius 3 is 2.53 bits per heavy atom. The van der Waals surface area contributed by atoms with Crippen LogP contribution in [-0.2, 0) is 0 Å². The Morgan fingerprint density at radius 2 is 1.84 bits per heavy atom. The average molecular weight is 255 g/mol. The van der Waals surface area contributed by atoms with E-state index in [1.807, 2.05) is 0 Å². The van der Waals surface area contributed by atoms with E-state index < -0.39 is 0 Å². The number of carbonyl (C=O) groups is 2. The first kappa shape index (κ1) is 12.8. The summed E-state index contributed by atoms with van der Waals surface area (Å²) in [6.45, 7) is 0. The smallest absolute Gasteiger partial charge is 0.257 e. The molecule has 2 amide bonds. The van der Waals surface area contributed by atoms with Crippen LogP contribution >= 0.6 is 0 Å². The second-order valence-electron chi connectivity index (χ2n) is 3.82. The molecule has 0 aliphatic heterocycles. The van der Waals surface area contributed by atoms with Crippen LogP contribution in [0.15, 0.2) is 48.8 Å². The van der Waals surface area contributed by atoms with Gasteiger partial charge in [-0.2, -0.15) is 0 Å². The highest BCUT2D eigenvalue weighted by Crippen LogP contribution is 2.15. The van der Waals surface area contributed by atoms with Crippen LogP contribution in [-0.4, -0.2) is 23.8 Å². The van der Waals surface area contributed by atoms with Gasteiger partial charge in [-0.1, -0.05) is 12.1 Å². The highest BCUT2D eigenvalue weighted by Gasteiger charge is 2.12. The molecule has 2 aromatic rings. The fourth-order valence-electron chi connectivity index (χ4n) is 1.62.